The Morgan fingerprint density at radius 3 is 2.37 bits per heavy atom. The van der Waals surface area contributed by atoms with Gasteiger partial charge in [0.1, 0.15) is 0 Å². The minimum absolute atomic E-state index is 0.0535. The van der Waals surface area contributed by atoms with E-state index >= 15 is 0 Å². The van der Waals surface area contributed by atoms with E-state index in [1.807, 2.05) is 6.07 Å². The average molecular weight is 302 g/mol. The van der Waals surface area contributed by atoms with Gasteiger partial charge in [0.25, 0.3) is 0 Å². The van der Waals surface area contributed by atoms with Gasteiger partial charge in [-0.05, 0) is 30.7 Å². The van der Waals surface area contributed by atoms with Crippen LogP contribution in [0.25, 0.3) is 0 Å². The van der Waals surface area contributed by atoms with E-state index in [4.69, 9.17) is 11.6 Å². The van der Waals surface area contributed by atoms with Gasteiger partial charge in [-0.2, -0.15) is 0 Å². The van der Waals surface area contributed by atoms with Crippen LogP contribution in [0.3, 0.4) is 0 Å². The van der Waals surface area contributed by atoms with E-state index in [1.54, 1.807) is 4.31 Å². The second-order valence-corrected chi connectivity index (χ2v) is 7.50. The number of halogens is 1. The summed E-state index contributed by atoms with van der Waals surface area (Å²) in [7, 11) is -3.13. The lowest BCUT2D eigenvalue weighted by atomic mass is 9.91. The summed E-state index contributed by atoms with van der Waals surface area (Å²) in [5.74, 6) is 0.814. The van der Waals surface area contributed by atoms with Crippen LogP contribution in [0.4, 0.5) is 0 Å². The highest BCUT2D eigenvalue weighted by Crippen LogP contribution is 2.23. The lowest BCUT2D eigenvalue weighted by molar-refractivity contribution is 0.273. The molecule has 0 aromatic heterocycles. The fraction of sp³-hybridized carbons (Fsp3) is 0.571. The molecule has 1 heterocycles. The van der Waals surface area contributed by atoms with Crippen molar-refractivity contribution in [3.05, 3.63) is 35.9 Å². The Morgan fingerprint density at radius 2 is 1.79 bits per heavy atom. The molecule has 0 aliphatic carbocycles. The van der Waals surface area contributed by atoms with Crippen molar-refractivity contribution >= 4 is 21.6 Å². The smallest absolute Gasteiger partial charge is 0.212 e. The normalized spacial score (nSPS) is 18.6. The fourth-order valence-corrected chi connectivity index (χ4v) is 4.37. The molecule has 0 spiro atoms. The van der Waals surface area contributed by atoms with Gasteiger partial charge in [-0.15, -0.1) is 11.6 Å². The van der Waals surface area contributed by atoms with Crippen LogP contribution in [0.2, 0.25) is 0 Å². The molecule has 1 fully saturated rings. The van der Waals surface area contributed by atoms with Crippen molar-refractivity contribution in [2.75, 3.05) is 24.7 Å². The molecular formula is C14H20ClNO2S. The predicted octanol–water partition coefficient (Wildman–Crippen LogP) is 2.51. The number of rotatable bonds is 5. The monoisotopic (exact) mass is 301 g/mol. The first-order valence-electron chi connectivity index (χ1n) is 6.69. The summed E-state index contributed by atoms with van der Waals surface area (Å²) in [4.78, 5) is 0. The standard InChI is InChI=1S/C14H20ClNO2S/c15-8-11-19(17,18)16-9-6-14(7-10-16)12-13-4-2-1-3-5-13/h1-5,14H,6-12H2. The minimum Gasteiger partial charge on any atom is -0.212 e. The van der Waals surface area contributed by atoms with Crippen LogP contribution in [-0.2, 0) is 16.4 Å². The van der Waals surface area contributed by atoms with Crippen LogP contribution in [0.1, 0.15) is 18.4 Å². The van der Waals surface area contributed by atoms with Gasteiger partial charge in [0.2, 0.25) is 10.0 Å². The first-order chi connectivity index (χ1) is 9.12. The Labute approximate surface area is 120 Å². The number of hydrogen-bond acceptors (Lipinski definition) is 2. The summed E-state index contributed by atoms with van der Waals surface area (Å²) < 4.78 is 25.4. The zero-order chi connectivity index (χ0) is 13.7. The fourth-order valence-electron chi connectivity index (χ4n) is 2.57. The van der Waals surface area contributed by atoms with Crippen molar-refractivity contribution in [3.8, 4) is 0 Å². The molecule has 106 valence electrons. The van der Waals surface area contributed by atoms with Gasteiger partial charge < -0.3 is 0 Å². The van der Waals surface area contributed by atoms with Gasteiger partial charge >= 0.3 is 0 Å². The Morgan fingerprint density at radius 1 is 1.16 bits per heavy atom. The third kappa shape index (κ3) is 4.20. The van der Waals surface area contributed by atoms with E-state index < -0.39 is 10.0 Å². The van der Waals surface area contributed by atoms with E-state index in [2.05, 4.69) is 24.3 Å². The predicted molar refractivity (Wildman–Crippen MR) is 78.9 cm³/mol. The Hall–Kier alpha value is -0.580. The molecule has 2 rings (SSSR count). The minimum atomic E-state index is -3.13. The van der Waals surface area contributed by atoms with E-state index in [9.17, 15) is 8.42 Å². The average Bonchev–Trinajstić information content (AvgIpc) is 2.40. The molecule has 1 aromatic carbocycles. The first-order valence-corrected chi connectivity index (χ1v) is 8.84. The van der Waals surface area contributed by atoms with Gasteiger partial charge in [0, 0.05) is 19.0 Å². The molecule has 1 aliphatic rings. The van der Waals surface area contributed by atoms with Gasteiger partial charge in [-0.1, -0.05) is 30.3 Å². The molecule has 1 aliphatic heterocycles. The largest absolute Gasteiger partial charge is 0.215 e. The first kappa shape index (κ1) is 14.8. The van der Waals surface area contributed by atoms with Crippen LogP contribution in [0.5, 0.6) is 0 Å². The molecule has 0 bridgehead atoms. The molecule has 19 heavy (non-hydrogen) atoms. The summed E-state index contributed by atoms with van der Waals surface area (Å²) in [5.41, 5.74) is 1.34. The summed E-state index contributed by atoms with van der Waals surface area (Å²) in [6, 6.07) is 10.4. The molecule has 5 heteroatoms. The number of nitrogens with zero attached hydrogens (tertiary/aromatic N) is 1. The van der Waals surface area contributed by atoms with Crippen LogP contribution in [0, 0.1) is 5.92 Å². The van der Waals surface area contributed by atoms with Crippen LogP contribution < -0.4 is 0 Å². The highest BCUT2D eigenvalue weighted by molar-refractivity contribution is 7.89. The van der Waals surface area contributed by atoms with Gasteiger partial charge in [-0.3, -0.25) is 0 Å². The lowest BCUT2D eigenvalue weighted by Crippen LogP contribution is -2.40. The summed E-state index contributed by atoms with van der Waals surface area (Å²) in [5, 5.41) is 0. The maximum absolute atomic E-state index is 11.9. The third-order valence-corrected chi connectivity index (χ3v) is 5.95. The van der Waals surface area contributed by atoms with E-state index in [-0.39, 0.29) is 11.6 Å². The second kappa shape index (κ2) is 6.73. The van der Waals surface area contributed by atoms with Crippen molar-refractivity contribution in [1.82, 2.24) is 4.31 Å². The highest BCUT2D eigenvalue weighted by atomic mass is 35.5. The number of piperidine rings is 1. The van der Waals surface area contributed by atoms with Crippen LogP contribution in [0.15, 0.2) is 30.3 Å². The SMILES string of the molecule is O=S(=O)(CCCl)N1CCC(Cc2ccccc2)CC1. The molecule has 0 amide bonds. The number of sulfonamides is 1. The van der Waals surface area contributed by atoms with E-state index in [0.717, 1.165) is 19.3 Å². The molecule has 0 unspecified atom stereocenters. The number of hydrogen-bond donors (Lipinski definition) is 0. The summed E-state index contributed by atoms with van der Waals surface area (Å²) >= 11 is 5.54. The van der Waals surface area contributed by atoms with Gasteiger partial charge in [0.15, 0.2) is 0 Å². The van der Waals surface area contributed by atoms with Gasteiger partial charge in [-0.25, -0.2) is 12.7 Å². The van der Waals surface area contributed by atoms with Crippen LogP contribution in [-0.4, -0.2) is 37.4 Å². The highest BCUT2D eigenvalue weighted by Gasteiger charge is 2.27. The maximum Gasteiger partial charge on any atom is 0.215 e. The van der Waals surface area contributed by atoms with Gasteiger partial charge in [0.05, 0.1) is 5.75 Å². The molecule has 0 N–H and O–H groups in total. The molecule has 0 radical (unpaired) electrons. The molecule has 0 atom stereocenters. The topological polar surface area (TPSA) is 37.4 Å². The zero-order valence-corrected chi connectivity index (χ0v) is 12.5. The Kier molecular flexibility index (Phi) is 5.25. The Bertz CT molecular complexity index is 481. The number of alkyl halides is 1. The van der Waals surface area contributed by atoms with E-state index in [1.165, 1.54) is 5.56 Å². The van der Waals surface area contributed by atoms with Crippen molar-refractivity contribution in [3.63, 3.8) is 0 Å². The molecule has 3 nitrogen and oxygen atoms in total. The molecule has 1 aromatic rings. The van der Waals surface area contributed by atoms with E-state index in [0.29, 0.717) is 19.0 Å². The van der Waals surface area contributed by atoms with Crippen LogP contribution >= 0.6 is 11.6 Å². The molecular weight excluding hydrogens is 282 g/mol. The Balaban J connectivity index is 1.86. The number of benzene rings is 1. The van der Waals surface area contributed by atoms with Crippen molar-refractivity contribution in [2.24, 2.45) is 5.92 Å². The summed E-state index contributed by atoms with van der Waals surface area (Å²) in [6.07, 6.45) is 2.93. The molecule has 0 saturated carbocycles. The van der Waals surface area contributed by atoms with Crippen molar-refractivity contribution < 1.29 is 8.42 Å². The maximum atomic E-state index is 11.9. The van der Waals surface area contributed by atoms with Crippen molar-refractivity contribution in [2.45, 2.75) is 19.3 Å². The quantitative estimate of drug-likeness (QED) is 0.784. The molecule has 1 saturated heterocycles. The zero-order valence-electron chi connectivity index (χ0n) is 11.0. The third-order valence-electron chi connectivity index (χ3n) is 3.67. The lowest BCUT2D eigenvalue weighted by Gasteiger charge is -2.31. The second-order valence-electron chi connectivity index (χ2n) is 5.04. The summed E-state index contributed by atoms with van der Waals surface area (Å²) in [6.45, 7) is 1.27. The van der Waals surface area contributed by atoms with Crippen molar-refractivity contribution in [1.29, 1.82) is 0 Å².